The van der Waals surface area contributed by atoms with Crippen molar-refractivity contribution in [3.63, 3.8) is 0 Å². The van der Waals surface area contributed by atoms with E-state index in [0.717, 1.165) is 44.7 Å². The molecule has 2 aliphatic rings. The first-order chi connectivity index (χ1) is 13.1. The van der Waals surface area contributed by atoms with E-state index in [0.29, 0.717) is 35.0 Å². The molecule has 4 rings (SSSR count). The number of fused-ring (bicyclic) bond motifs is 1. The normalized spacial score (nSPS) is 22.3. The highest BCUT2D eigenvalue weighted by molar-refractivity contribution is 7.89. The molecule has 7 heteroatoms. The number of ether oxygens (including phenoxy) is 2. The van der Waals surface area contributed by atoms with Gasteiger partial charge in [0.1, 0.15) is 5.75 Å². The lowest BCUT2D eigenvalue weighted by atomic mass is 10.1. The Morgan fingerprint density at radius 1 is 1.07 bits per heavy atom. The maximum absolute atomic E-state index is 13.3. The van der Waals surface area contributed by atoms with Crippen LogP contribution >= 0.6 is 0 Å². The summed E-state index contributed by atoms with van der Waals surface area (Å²) >= 11 is 0. The Morgan fingerprint density at radius 3 is 2.48 bits per heavy atom. The topological polar surface area (TPSA) is 59.1 Å². The number of methoxy groups -OCH3 is 1. The average molecular weight is 391 g/mol. The lowest BCUT2D eigenvalue weighted by Crippen LogP contribution is -2.49. The van der Waals surface area contributed by atoms with Crippen molar-refractivity contribution in [1.29, 1.82) is 0 Å². The van der Waals surface area contributed by atoms with E-state index in [1.54, 1.807) is 23.5 Å². The summed E-state index contributed by atoms with van der Waals surface area (Å²) < 4.78 is 39.1. The number of sulfonamides is 1. The van der Waals surface area contributed by atoms with Crippen molar-refractivity contribution in [2.24, 2.45) is 5.92 Å². The summed E-state index contributed by atoms with van der Waals surface area (Å²) in [5, 5.41) is 1.53. The van der Waals surface area contributed by atoms with Crippen LogP contribution in [0.15, 0.2) is 41.3 Å². The fraction of sp³-hybridized carbons (Fsp3) is 0.500. The summed E-state index contributed by atoms with van der Waals surface area (Å²) in [4.78, 5) is 2.72. The Hall–Kier alpha value is -1.67. The number of hydrogen-bond donors (Lipinski definition) is 0. The quantitative estimate of drug-likeness (QED) is 0.783. The molecule has 1 atom stereocenters. The van der Waals surface area contributed by atoms with Crippen LogP contribution in [0.3, 0.4) is 0 Å². The summed E-state index contributed by atoms with van der Waals surface area (Å²) in [6.45, 7) is 5.26. The monoisotopic (exact) mass is 390 g/mol. The molecule has 0 aromatic heterocycles. The molecule has 27 heavy (non-hydrogen) atoms. The molecule has 2 heterocycles. The maximum Gasteiger partial charge on any atom is 0.243 e. The van der Waals surface area contributed by atoms with E-state index in [4.69, 9.17) is 9.47 Å². The fourth-order valence-electron chi connectivity index (χ4n) is 4.03. The van der Waals surface area contributed by atoms with Crippen molar-refractivity contribution in [2.45, 2.75) is 11.3 Å². The first kappa shape index (κ1) is 18.7. The van der Waals surface area contributed by atoms with E-state index in [9.17, 15) is 8.42 Å². The number of piperazine rings is 1. The predicted octanol–water partition coefficient (Wildman–Crippen LogP) is 2.19. The fourth-order valence-corrected chi connectivity index (χ4v) is 5.65. The highest BCUT2D eigenvalue weighted by Crippen LogP contribution is 2.32. The summed E-state index contributed by atoms with van der Waals surface area (Å²) in [6.07, 6.45) is 1.11. The van der Waals surface area contributed by atoms with Gasteiger partial charge in [0, 0.05) is 50.1 Å². The molecule has 0 spiro atoms. The Balaban J connectivity index is 1.53. The predicted molar refractivity (Wildman–Crippen MR) is 105 cm³/mol. The highest BCUT2D eigenvalue weighted by atomic mass is 32.2. The molecule has 2 aromatic rings. The molecule has 2 fully saturated rings. The van der Waals surface area contributed by atoms with Crippen LogP contribution in [0, 0.1) is 5.92 Å². The van der Waals surface area contributed by atoms with Gasteiger partial charge in [0.05, 0.1) is 18.6 Å². The lowest BCUT2D eigenvalue weighted by molar-refractivity contribution is 0.144. The Labute approximate surface area is 160 Å². The summed E-state index contributed by atoms with van der Waals surface area (Å²) in [6, 6.07) is 10.9. The van der Waals surface area contributed by atoms with Crippen molar-refractivity contribution >= 4 is 20.8 Å². The van der Waals surface area contributed by atoms with E-state index < -0.39 is 10.0 Å². The third-order valence-corrected chi connectivity index (χ3v) is 7.51. The zero-order chi connectivity index (χ0) is 18.9. The Morgan fingerprint density at radius 2 is 1.81 bits per heavy atom. The van der Waals surface area contributed by atoms with Crippen LogP contribution in [-0.2, 0) is 14.8 Å². The molecule has 0 bridgehead atoms. The maximum atomic E-state index is 13.3. The van der Waals surface area contributed by atoms with Crippen LogP contribution in [0.4, 0.5) is 0 Å². The minimum absolute atomic E-state index is 0.358. The van der Waals surface area contributed by atoms with Crippen molar-refractivity contribution in [1.82, 2.24) is 9.21 Å². The van der Waals surface area contributed by atoms with E-state index in [1.165, 1.54) is 0 Å². The van der Waals surface area contributed by atoms with Crippen molar-refractivity contribution < 1.29 is 17.9 Å². The summed E-state index contributed by atoms with van der Waals surface area (Å²) in [7, 11) is -1.94. The minimum Gasteiger partial charge on any atom is -0.496 e. The average Bonchev–Trinajstić information content (AvgIpc) is 3.20. The number of nitrogens with zero attached hydrogens (tertiary/aromatic N) is 2. The zero-order valence-corrected chi connectivity index (χ0v) is 16.5. The molecular weight excluding hydrogens is 364 g/mol. The van der Waals surface area contributed by atoms with Gasteiger partial charge in [0.15, 0.2) is 0 Å². The van der Waals surface area contributed by atoms with Crippen LogP contribution in [-0.4, -0.2) is 70.7 Å². The SMILES string of the molecule is COc1ccc(S(=O)(=O)N2CCN(CC3CCOC3)CC2)c2ccccc12. The molecule has 2 saturated heterocycles. The first-order valence-electron chi connectivity index (χ1n) is 9.45. The van der Waals surface area contributed by atoms with Gasteiger partial charge in [-0.25, -0.2) is 8.42 Å². The first-order valence-corrected chi connectivity index (χ1v) is 10.9. The van der Waals surface area contributed by atoms with E-state index in [1.807, 2.05) is 24.3 Å². The van der Waals surface area contributed by atoms with Crippen molar-refractivity contribution in [3.8, 4) is 5.75 Å². The zero-order valence-electron chi connectivity index (χ0n) is 15.6. The van der Waals surface area contributed by atoms with Gasteiger partial charge in [0.2, 0.25) is 10.0 Å². The summed E-state index contributed by atoms with van der Waals surface area (Å²) in [5.74, 6) is 1.27. The molecule has 0 saturated carbocycles. The van der Waals surface area contributed by atoms with Crippen molar-refractivity contribution in [2.75, 3.05) is 53.0 Å². The standard InChI is InChI=1S/C20H26N2O4S/c1-25-19-6-7-20(18-5-3-2-4-17(18)19)27(23,24)22-11-9-21(10-12-22)14-16-8-13-26-15-16/h2-7,16H,8-15H2,1H3. The molecule has 0 N–H and O–H groups in total. The van der Waals surface area contributed by atoms with Gasteiger partial charge in [-0.2, -0.15) is 4.31 Å². The van der Waals surface area contributed by atoms with Crippen LogP contribution in [0.1, 0.15) is 6.42 Å². The molecule has 6 nitrogen and oxygen atoms in total. The van der Waals surface area contributed by atoms with E-state index >= 15 is 0 Å². The van der Waals surface area contributed by atoms with E-state index in [2.05, 4.69) is 4.90 Å². The number of benzene rings is 2. The van der Waals surface area contributed by atoms with Gasteiger partial charge in [0.25, 0.3) is 0 Å². The molecular formula is C20H26N2O4S. The molecule has 0 amide bonds. The number of hydrogen-bond acceptors (Lipinski definition) is 5. The molecule has 0 aliphatic carbocycles. The smallest absolute Gasteiger partial charge is 0.243 e. The molecule has 2 aliphatic heterocycles. The van der Waals surface area contributed by atoms with E-state index in [-0.39, 0.29) is 0 Å². The number of rotatable bonds is 5. The van der Waals surface area contributed by atoms with Crippen LogP contribution in [0.5, 0.6) is 5.75 Å². The van der Waals surface area contributed by atoms with Gasteiger partial charge in [-0.15, -0.1) is 0 Å². The second-order valence-electron chi connectivity index (χ2n) is 7.25. The van der Waals surface area contributed by atoms with Crippen LogP contribution in [0.25, 0.3) is 10.8 Å². The third kappa shape index (κ3) is 3.69. The Bertz CT molecular complexity index is 901. The van der Waals surface area contributed by atoms with Crippen molar-refractivity contribution in [3.05, 3.63) is 36.4 Å². The Kier molecular flexibility index (Phi) is 5.36. The van der Waals surface area contributed by atoms with Gasteiger partial charge in [-0.05, 0) is 24.5 Å². The lowest BCUT2D eigenvalue weighted by Gasteiger charge is -2.35. The molecule has 1 unspecified atom stereocenters. The largest absolute Gasteiger partial charge is 0.496 e. The van der Waals surface area contributed by atoms with Gasteiger partial charge in [-0.3, -0.25) is 0 Å². The molecule has 146 valence electrons. The summed E-state index contributed by atoms with van der Waals surface area (Å²) in [5.41, 5.74) is 0. The molecule has 2 aromatic carbocycles. The van der Waals surface area contributed by atoms with Gasteiger partial charge < -0.3 is 14.4 Å². The molecule has 0 radical (unpaired) electrons. The van der Waals surface area contributed by atoms with Gasteiger partial charge >= 0.3 is 0 Å². The van der Waals surface area contributed by atoms with Crippen LogP contribution in [0.2, 0.25) is 0 Å². The minimum atomic E-state index is -3.54. The second-order valence-corrected chi connectivity index (χ2v) is 9.15. The third-order valence-electron chi connectivity index (χ3n) is 5.55. The second kappa shape index (κ2) is 7.75. The highest BCUT2D eigenvalue weighted by Gasteiger charge is 2.31. The van der Waals surface area contributed by atoms with Gasteiger partial charge in [-0.1, -0.05) is 24.3 Å². The van der Waals surface area contributed by atoms with Crippen LogP contribution < -0.4 is 4.74 Å².